The minimum atomic E-state index is -1.18. The summed E-state index contributed by atoms with van der Waals surface area (Å²) in [5, 5.41) is 15.9. The molecular weight excluding hydrogens is 308 g/mol. The second-order valence-electron chi connectivity index (χ2n) is 5.19. The fraction of sp³-hybridized carbons (Fsp3) is 0.267. The van der Waals surface area contributed by atoms with Gasteiger partial charge in [-0.05, 0) is 30.5 Å². The van der Waals surface area contributed by atoms with Crippen molar-refractivity contribution in [3.63, 3.8) is 0 Å². The van der Waals surface area contributed by atoms with Gasteiger partial charge in [0.25, 0.3) is 5.91 Å². The number of halogens is 1. The number of hydrogen-bond acceptors (Lipinski definition) is 4. The van der Waals surface area contributed by atoms with Crippen LogP contribution in [0.2, 0.25) is 5.02 Å². The van der Waals surface area contributed by atoms with Crippen LogP contribution < -0.4 is 5.32 Å². The number of rotatable bonds is 5. The Morgan fingerprint density at radius 1 is 1.32 bits per heavy atom. The molecule has 2 aromatic rings. The van der Waals surface area contributed by atoms with Crippen LogP contribution in [-0.4, -0.2) is 22.1 Å². The van der Waals surface area contributed by atoms with E-state index in [0.717, 1.165) is 12.8 Å². The first-order valence-corrected chi connectivity index (χ1v) is 7.18. The van der Waals surface area contributed by atoms with Gasteiger partial charge in [-0.2, -0.15) is 0 Å². The van der Waals surface area contributed by atoms with Gasteiger partial charge in [0.05, 0.1) is 0 Å². The van der Waals surface area contributed by atoms with Gasteiger partial charge in [-0.15, -0.1) is 0 Å². The molecule has 1 heterocycles. The van der Waals surface area contributed by atoms with Crippen molar-refractivity contribution in [1.29, 1.82) is 0 Å². The first kappa shape index (κ1) is 14.6. The summed E-state index contributed by atoms with van der Waals surface area (Å²) in [7, 11) is 0. The Hall–Kier alpha value is -2.34. The Kier molecular flexibility index (Phi) is 3.85. The molecule has 1 aromatic carbocycles. The Balaban J connectivity index is 1.76. The number of nitrogens with one attached hydrogen (secondary N) is 1. The van der Waals surface area contributed by atoms with Gasteiger partial charge in [0.1, 0.15) is 5.76 Å². The molecular formula is C15H13ClN2O4. The summed E-state index contributed by atoms with van der Waals surface area (Å²) >= 11 is 5.78. The number of hydrogen-bond donors (Lipinski definition) is 2. The SMILES string of the molecule is O=C(NC(C(=O)O)c1ccc(Cl)cc1)c1cc(C2CC2)on1. The summed E-state index contributed by atoms with van der Waals surface area (Å²) < 4.78 is 5.10. The van der Waals surface area contributed by atoms with Crippen LogP contribution in [-0.2, 0) is 4.79 Å². The van der Waals surface area contributed by atoms with Crippen LogP contribution in [0.3, 0.4) is 0 Å². The van der Waals surface area contributed by atoms with E-state index in [9.17, 15) is 14.7 Å². The monoisotopic (exact) mass is 320 g/mol. The lowest BCUT2D eigenvalue weighted by molar-refractivity contribution is -0.139. The zero-order valence-corrected chi connectivity index (χ0v) is 12.2. The molecule has 0 spiro atoms. The molecule has 1 aliphatic rings. The van der Waals surface area contributed by atoms with Crippen molar-refractivity contribution in [2.24, 2.45) is 0 Å². The van der Waals surface area contributed by atoms with E-state index in [1.165, 1.54) is 0 Å². The first-order valence-electron chi connectivity index (χ1n) is 6.80. The third-order valence-electron chi connectivity index (χ3n) is 3.47. The maximum Gasteiger partial charge on any atom is 0.330 e. The van der Waals surface area contributed by atoms with Crippen molar-refractivity contribution in [2.45, 2.75) is 24.8 Å². The van der Waals surface area contributed by atoms with Crippen LogP contribution in [0, 0.1) is 0 Å². The first-order chi connectivity index (χ1) is 10.5. The lowest BCUT2D eigenvalue weighted by Crippen LogP contribution is -2.33. The fourth-order valence-corrected chi connectivity index (χ4v) is 2.23. The molecule has 0 bridgehead atoms. The van der Waals surface area contributed by atoms with E-state index in [4.69, 9.17) is 16.1 Å². The molecule has 1 aliphatic carbocycles. The van der Waals surface area contributed by atoms with Crippen molar-refractivity contribution >= 4 is 23.5 Å². The Bertz CT molecular complexity index is 707. The summed E-state index contributed by atoms with van der Waals surface area (Å²) in [5.41, 5.74) is 0.512. The lowest BCUT2D eigenvalue weighted by Gasteiger charge is -2.13. The molecule has 22 heavy (non-hydrogen) atoms. The molecule has 1 atom stereocenters. The average Bonchev–Trinajstić information content (AvgIpc) is 3.22. The van der Waals surface area contributed by atoms with E-state index >= 15 is 0 Å². The molecule has 1 unspecified atom stereocenters. The predicted molar refractivity (Wildman–Crippen MR) is 77.8 cm³/mol. The fourth-order valence-electron chi connectivity index (χ4n) is 2.10. The van der Waals surface area contributed by atoms with Gasteiger partial charge >= 0.3 is 5.97 Å². The zero-order valence-electron chi connectivity index (χ0n) is 11.5. The highest BCUT2D eigenvalue weighted by atomic mass is 35.5. The molecule has 1 fully saturated rings. The van der Waals surface area contributed by atoms with Gasteiger partial charge < -0.3 is 14.9 Å². The van der Waals surface area contributed by atoms with Gasteiger partial charge in [0, 0.05) is 17.0 Å². The summed E-state index contributed by atoms with van der Waals surface area (Å²) in [4.78, 5) is 23.5. The van der Waals surface area contributed by atoms with Gasteiger partial charge in [0.2, 0.25) is 0 Å². The second-order valence-corrected chi connectivity index (χ2v) is 5.62. The van der Waals surface area contributed by atoms with Gasteiger partial charge in [-0.25, -0.2) is 4.79 Å². The minimum Gasteiger partial charge on any atom is -0.479 e. The Morgan fingerprint density at radius 3 is 2.59 bits per heavy atom. The topological polar surface area (TPSA) is 92.4 Å². The second kappa shape index (κ2) is 5.81. The summed E-state index contributed by atoms with van der Waals surface area (Å²) in [5.74, 6) is -0.747. The average molecular weight is 321 g/mol. The smallest absolute Gasteiger partial charge is 0.330 e. The quantitative estimate of drug-likeness (QED) is 0.883. The Labute approximate surface area is 131 Å². The summed E-state index contributed by atoms with van der Waals surface area (Å²) in [6.45, 7) is 0. The van der Waals surface area contributed by atoms with Crippen molar-refractivity contribution < 1.29 is 19.2 Å². The number of carbonyl (C=O) groups is 2. The van der Waals surface area contributed by atoms with Crippen LogP contribution in [0.15, 0.2) is 34.9 Å². The number of carboxylic acids is 1. The van der Waals surface area contributed by atoms with Crippen molar-refractivity contribution in [3.8, 4) is 0 Å². The highest BCUT2D eigenvalue weighted by molar-refractivity contribution is 6.30. The van der Waals surface area contributed by atoms with E-state index in [1.807, 2.05) is 0 Å². The zero-order chi connectivity index (χ0) is 15.7. The third-order valence-corrected chi connectivity index (χ3v) is 3.72. The molecule has 1 amide bonds. The molecule has 0 saturated heterocycles. The molecule has 0 aliphatic heterocycles. The van der Waals surface area contributed by atoms with Crippen LogP contribution in [0.5, 0.6) is 0 Å². The molecule has 114 valence electrons. The normalized spacial score (nSPS) is 15.3. The van der Waals surface area contributed by atoms with Gasteiger partial charge in [-0.1, -0.05) is 28.9 Å². The van der Waals surface area contributed by atoms with E-state index < -0.39 is 17.9 Å². The molecule has 3 rings (SSSR count). The number of carboxylic acid groups (broad SMARTS) is 1. The van der Waals surface area contributed by atoms with Crippen molar-refractivity contribution in [3.05, 3.63) is 52.4 Å². The van der Waals surface area contributed by atoms with Gasteiger partial charge in [0.15, 0.2) is 11.7 Å². The van der Waals surface area contributed by atoms with Crippen molar-refractivity contribution in [1.82, 2.24) is 10.5 Å². The lowest BCUT2D eigenvalue weighted by atomic mass is 10.1. The highest BCUT2D eigenvalue weighted by Crippen LogP contribution is 2.40. The molecule has 6 nitrogen and oxygen atoms in total. The number of amides is 1. The number of nitrogens with zero attached hydrogens (tertiary/aromatic N) is 1. The van der Waals surface area contributed by atoms with Crippen LogP contribution >= 0.6 is 11.6 Å². The minimum absolute atomic E-state index is 0.0853. The van der Waals surface area contributed by atoms with Crippen LogP contribution in [0.25, 0.3) is 0 Å². The number of aliphatic carboxylic acids is 1. The van der Waals surface area contributed by atoms with Crippen LogP contribution in [0.4, 0.5) is 0 Å². The molecule has 1 aromatic heterocycles. The Morgan fingerprint density at radius 2 is 2.00 bits per heavy atom. The maximum absolute atomic E-state index is 12.1. The summed E-state index contributed by atoms with van der Waals surface area (Å²) in [6.07, 6.45) is 2.05. The number of aromatic nitrogens is 1. The van der Waals surface area contributed by atoms with E-state index in [1.54, 1.807) is 30.3 Å². The molecule has 2 N–H and O–H groups in total. The maximum atomic E-state index is 12.1. The molecule has 0 radical (unpaired) electrons. The standard InChI is InChI=1S/C15H13ClN2O4/c16-10-5-3-9(4-6-10)13(15(20)21)17-14(19)11-7-12(22-18-11)8-1-2-8/h3-8,13H,1-2H2,(H,17,19)(H,20,21). The largest absolute Gasteiger partial charge is 0.479 e. The molecule has 7 heteroatoms. The third kappa shape index (κ3) is 3.12. The highest BCUT2D eigenvalue weighted by Gasteiger charge is 2.30. The predicted octanol–water partition coefficient (Wildman–Crippen LogP) is 2.76. The number of carbonyl (C=O) groups excluding carboxylic acids is 1. The van der Waals surface area contributed by atoms with E-state index in [2.05, 4.69) is 10.5 Å². The van der Waals surface area contributed by atoms with Gasteiger partial charge in [-0.3, -0.25) is 4.79 Å². The van der Waals surface area contributed by atoms with E-state index in [-0.39, 0.29) is 5.69 Å². The van der Waals surface area contributed by atoms with Crippen LogP contribution in [0.1, 0.15) is 46.6 Å². The van der Waals surface area contributed by atoms with E-state index in [0.29, 0.717) is 22.3 Å². The number of benzene rings is 1. The molecule has 1 saturated carbocycles. The van der Waals surface area contributed by atoms with Crippen molar-refractivity contribution in [2.75, 3.05) is 0 Å². The summed E-state index contributed by atoms with van der Waals surface area (Å²) in [6, 6.07) is 6.64.